The summed E-state index contributed by atoms with van der Waals surface area (Å²) in [5, 5.41) is 5.67. The van der Waals surface area contributed by atoms with Gasteiger partial charge in [0.1, 0.15) is 25.4 Å². The average Bonchev–Trinajstić information content (AvgIpc) is 2.72. The van der Waals surface area contributed by atoms with Crippen LogP contribution in [0.3, 0.4) is 0 Å². The van der Waals surface area contributed by atoms with E-state index in [0.29, 0.717) is 13.0 Å². The maximum absolute atomic E-state index is 12.4. The number of rotatable bonds is 11. The third kappa shape index (κ3) is 11.2. The molecule has 1 fully saturated rings. The van der Waals surface area contributed by atoms with E-state index >= 15 is 0 Å². The minimum atomic E-state index is -0.615. The second kappa shape index (κ2) is 13.0. The zero-order valence-electron chi connectivity index (χ0n) is 20.8. The van der Waals surface area contributed by atoms with Crippen LogP contribution in [0, 0.1) is 10.8 Å². The first-order valence-electron chi connectivity index (χ1n) is 11.3. The first kappa shape index (κ1) is 29.0. The van der Waals surface area contributed by atoms with Crippen LogP contribution < -0.4 is 10.6 Å². The highest BCUT2D eigenvalue weighted by Gasteiger charge is 2.42. The van der Waals surface area contributed by atoms with Gasteiger partial charge >= 0.3 is 24.1 Å². The Labute approximate surface area is 201 Å². The Kier molecular flexibility index (Phi) is 11.1. The van der Waals surface area contributed by atoms with Crippen LogP contribution in [-0.4, -0.2) is 62.1 Å². The van der Waals surface area contributed by atoms with Crippen LogP contribution >= 0.6 is 0 Å². The molecule has 192 valence electrons. The van der Waals surface area contributed by atoms with Crippen molar-refractivity contribution in [3.63, 3.8) is 0 Å². The van der Waals surface area contributed by atoms with E-state index in [9.17, 15) is 19.2 Å². The van der Waals surface area contributed by atoms with E-state index in [1.165, 1.54) is 0 Å². The van der Waals surface area contributed by atoms with Gasteiger partial charge in [-0.3, -0.25) is 0 Å². The van der Waals surface area contributed by atoms with Crippen molar-refractivity contribution < 1.29 is 38.1 Å². The third-order valence-corrected chi connectivity index (χ3v) is 5.30. The molecule has 0 heterocycles. The second-order valence-electron chi connectivity index (χ2n) is 9.85. The van der Waals surface area contributed by atoms with Crippen LogP contribution in [0.25, 0.3) is 0 Å². The van der Waals surface area contributed by atoms with Crippen LogP contribution in [0.2, 0.25) is 0 Å². The van der Waals surface area contributed by atoms with E-state index in [0.717, 1.165) is 25.0 Å². The molecule has 0 aliphatic heterocycles. The SMILES string of the molecule is C=CC(=O)OCC(C)OC(=O)NCC1(C)CC(NC(=O)OC(C)COC(=O)C=C)CC(C)(C)C1. The molecule has 2 N–H and O–H groups in total. The molecule has 0 bridgehead atoms. The molecule has 0 aromatic carbocycles. The molecule has 2 amide bonds. The van der Waals surface area contributed by atoms with Gasteiger partial charge in [-0.2, -0.15) is 0 Å². The molecule has 10 heteroatoms. The Morgan fingerprint density at radius 3 is 1.91 bits per heavy atom. The Balaban J connectivity index is 2.57. The number of carbonyl (C=O) groups is 4. The van der Waals surface area contributed by atoms with Gasteiger partial charge in [-0.1, -0.05) is 33.9 Å². The molecule has 1 aliphatic carbocycles. The summed E-state index contributed by atoms with van der Waals surface area (Å²) in [7, 11) is 0. The number of hydrogen-bond donors (Lipinski definition) is 2. The maximum atomic E-state index is 12.4. The number of carbonyl (C=O) groups excluding carboxylic acids is 4. The molecule has 4 atom stereocenters. The van der Waals surface area contributed by atoms with Crippen molar-refractivity contribution in [3.8, 4) is 0 Å². The third-order valence-electron chi connectivity index (χ3n) is 5.30. The van der Waals surface area contributed by atoms with Gasteiger partial charge in [-0.05, 0) is 43.9 Å². The molecular formula is C24H38N2O8. The highest BCUT2D eigenvalue weighted by Crippen LogP contribution is 2.45. The maximum Gasteiger partial charge on any atom is 0.407 e. The molecule has 0 aromatic rings. The topological polar surface area (TPSA) is 129 Å². The number of amides is 2. The van der Waals surface area contributed by atoms with Crippen molar-refractivity contribution in [2.45, 2.75) is 72.1 Å². The summed E-state index contributed by atoms with van der Waals surface area (Å²) in [6.07, 6.45) is 1.84. The predicted molar refractivity (Wildman–Crippen MR) is 125 cm³/mol. The van der Waals surface area contributed by atoms with E-state index in [2.05, 4.69) is 37.6 Å². The first-order chi connectivity index (χ1) is 15.8. The summed E-state index contributed by atoms with van der Waals surface area (Å²) in [6, 6.07) is -0.167. The van der Waals surface area contributed by atoms with E-state index in [4.69, 9.17) is 18.9 Å². The summed E-state index contributed by atoms with van der Waals surface area (Å²) >= 11 is 0. The molecule has 0 spiro atoms. The molecule has 0 saturated heterocycles. The van der Waals surface area contributed by atoms with E-state index in [-0.39, 0.29) is 30.1 Å². The standard InChI is InChI=1S/C24H38N2O8/c1-8-19(27)31-12-16(3)33-21(29)25-15-24(7)11-18(10-23(5,6)14-24)26-22(30)34-17(4)13-32-20(28)9-2/h8-9,16-18H,1-2,10-15H2,3-7H3,(H,25,29)(H,26,30). The van der Waals surface area contributed by atoms with Gasteiger partial charge in [0.2, 0.25) is 0 Å². The van der Waals surface area contributed by atoms with Gasteiger partial charge in [0.05, 0.1) is 0 Å². The molecule has 1 rings (SSSR count). The number of esters is 2. The van der Waals surface area contributed by atoms with Gasteiger partial charge in [-0.15, -0.1) is 0 Å². The van der Waals surface area contributed by atoms with Crippen molar-refractivity contribution in [3.05, 3.63) is 25.3 Å². The molecule has 34 heavy (non-hydrogen) atoms. The number of hydrogen-bond acceptors (Lipinski definition) is 8. The van der Waals surface area contributed by atoms with Crippen LogP contribution in [0.1, 0.15) is 53.9 Å². The Hall–Kier alpha value is -3.04. The zero-order chi connectivity index (χ0) is 25.9. The van der Waals surface area contributed by atoms with Gasteiger partial charge < -0.3 is 29.6 Å². The zero-order valence-corrected chi connectivity index (χ0v) is 20.8. The highest BCUT2D eigenvalue weighted by atomic mass is 16.6. The van der Waals surface area contributed by atoms with Gasteiger partial charge in [0.25, 0.3) is 0 Å². The average molecular weight is 483 g/mol. The molecule has 10 nitrogen and oxygen atoms in total. The fraction of sp³-hybridized carbons (Fsp3) is 0.667. The first-order valence-corrected chi connectivity index (χ1v) is 11.3. The number of alkyl carbamates (subject to hydrolysis) is 2. The van der Waals surface area contributed by atoms with Crippen molar-refractivity contribution in [1.29, 1.82) is 0 Å². The minimum Gasteiger partial charge on any atom is -0.459 e. The molecule has 1 aliphatic rings. The van der Waals surface area contributed by atoms with Crippen molar-refractivity contribution >= 4 is 24.1 Å². The lowest BCUT2D eigenvalue weighted by Crippen LogP contribution is -2.51. The normalized spacial score (nSPS) is 22.8. The van der Waals surface area contributed by atoms with Gasteiger partial charge in [0, 0.05) is 24.7 Å². The molecule has 0 aromatic heterocycles. The van der Waals surface area contributed by atoms with E-state index < -0.39 is 36.3 Å². The highest BCUT2D eigenvalue weighted by molar-refractivity contribution is 5.81. The predicted octanol–water partition coefficient (Wildman–Crippen LogP) is 3.26. The van der Waals surface area contributed by atoms with Crippen LogP contribution in [0.5, 0.6) is 0 Å². The lowest BCUT2D eigenvalue weighted by atomic mass is 9.62. The fourth-order valence-corrected chi connectivity index (χ4v) is 4.35. The summed E-state index contributed by atoms with van der Waals surface area (Å²) in [6.45, 7) is 16.3. The van der Waals surface area contributed by atoms with Crippen LogP contribution in [0.15, 0.2) is 25.3 Å². The van der Waals surface area contributed by atoms with Crippen molar-refractivity contribution in [2.75, 3.05) is 19.8 Å². The monoisotopic (exact) mass is 482 g/mol. The van der Waals surface area contributed by atoms with Crippen molar-refractivity contribution in [1.82, 2.24) is 10.6 Å². The Morgan fingerprint density at radius 1 is 0.912 bits per heavy atom. The summed E-state index contributed by atoms with van der Waals surface area (Å²) in [4.78, 5) is 46.8. The van der Waals surface area contributed by atoms with Gasteiger partial charge in [0.15, 0.2) is 0 Å². The van der Waals surface area contributed by atoms with Crippen LogP contribution in [-0.2, 0) is 28.5 Å². The minimum absolute atomic E-state index is 0.0661. The fourth-order valence-electron chi connectivity index (χ4n) is 4.35. The number of nitrogens with one attached hydrogen (secondary N) is 2. The van der Waals surface area contributed by atoms with Gasteiger partial charge in [-0.25, -0.2) is 19.2 Å². The second-order valence-corrected chi connectivity index (χ2v) is 9.85. The molecular weight excluding hydrogens is 444 g/mol. The van der Waals surface area contributed by atoms with Crippen LogP contribution in [0.4, 0.5) is 9.59 Å². The van der Waals surface area contributed by atoms with Crippen molar-refractivity contribution in [2.24, 2.45) is 10.8 Å². The summed E-state index contributed by atoms with van der Waals surface area (Å²) in [5.74, 6) is -1.17. The molecule has 0 radical (unpaired) electrons. The van der Waals surface area contributed by atoms with E-state index in [1.807, 2.05) is 6.92 Å². The van der Waals surface area contributed by atoms with E-state index in [1.54, 1.807) is 13.8 Å². The lowest BCUT2D eigenvalue weighted by Gasteiger charge is -2.46. The smallest absolute Gasteiger partial charge is 0.407 e. The number of ether oxygens (including phenoxy) is 4. The lowest BCUT2D eigenvalue weighted by molar-refractivity contribution is -0.141. The largest absolute Gasteiger partial charge is 0.459 e. The summed E-state index contributed by atoms with van der Waals surface area (Å²) < 4.78 is 20.2. The Morgan fingerprint density at radius 2 is 1.41 bits per heavy atom. The quantitative estimate of drug-likeness (QED) is 0.261. The molecule has 1 saturated carbocycles. The molecule has 4 unspecified atom stereocenters. The summed E-state index contributed by atoms with van der Waals surface area (Å²) in [5.41, 5.74) is -0.393. The Bertz CT molecular complexity index is 766.